The molecule has 0 spiro atoms. The molecule has 1 aliphatic heterocycles. The van der Waals surface area contributed by atoms with Gasteiger partial charge in [0.1, 0.15) is 0 Å². The fraction of sp³-hybridized carbons (Fsp3) is 0.500. The van der Waals surface area contributed by atoms with E-state index in [0.717, 1.165) is 36.5 Å². The maximum Gasteiger partial charge on any atom is 0.224 e. The van der Waals surface area contributed by atoms with Gasteiger partial charge in [0.05, 0.1) is 5.92 Å². The predicted octanol–water partition coefficient (Wildman–Crippen LogP) is 2.42. The summed E-state index contributed by atoms with van der Waals surface area (Å²) in [4.78, 5) is 11.9. The zero-order chi connectivity index (χ0) is 13.0. The first-order chi connectivity index (χ1) is 8.66. The van der Waals surface area contributed by atoms with Crippen LogP contribution in [0.25, 0.3) is 0 Å². The third-order valence-electron chi connectivity index (χ3n) is 3.30. The fourth-order valence-corrected chi connectivity index (χ4v) is 2.50. The van der Waals surface area contributed by atoms with Gasteiger partial charge in [-0.2, -0.15) is 0 Å². The summed E-state index contributed by atoms with van der Waals surface area (Å²) in [6.07, 6.45) is 1.70. The molecule has 1 aliphatic rings. The smallest absolute Gasteiger partial charge is 0.224 e. The number of amides is 1. The predicted molar refractivity (Wildman–Crippen MR) is 81.0 cm³/mol. The molecule has 1 aromatic rings. The Labute approximate surface area is 125 Å². The van der Waals surface area contributed by atoms with E-state index in [0.29, 0.717) is 0 Å². The lowest BCUT2D eigenvalue weighted by molar-refractivity contribution is -0.125. The van der Waals surface area contributed by atoms with E-state index < -0.39 is 0 Å². The average molecular weight is 303 g/mol. The van der Waals surface area contributed by atoms with E-state index in [-0.39, 0.29) is 30.3 Å². The summed E-state index contributed by atoms with van der Waals surface area (Å²) in [6, 6.07) is 7.88. The minimum absolute atomic E-state index is 0. The van der Waals surface area contributed by atoms with Crippen LogP contribution < -0.4 is 10.6 Å². The molecule has 1 amide bonds. The number of nitrogens with one attached hydrogen (secondary N) is 2. The quantitative estimate of drug-likeness (QED) is 0.897. The highest BCUT2D eigenvalue weighted by Gasteiger charge is 2.23. The van der Waals surface area contributed by atoms with E-state index in [1.807, 2.05) is 31.2 Å². The highest BCUT2D eigenvalue weighted by molar-refractivity contribution is 6.31. The number of halogens is 2. The molecule has 1 aromatic carbocycles. The number of hydrogen-bond donors (Lipinski definition) is 2. The summed E-state index contributed by atoms with van der Waals surface area (Å²) in [6.45, 7) is 3.76. The maximum absolute atomic E-state index is 11.9. The third kappa shape index (κ3) is 4.68. The minimum atomic E-state index is 0. The molecule has 5 heteroatoms. The maximum atomic E-state index is 11.9. The van der Waals surface area contributed by atoms with Gasteiger partial charge in [-0.05, 0) is 37.9 Å². The summed E-state index contributed by atoms with van der Waals surface area (Å²) >= 11 is 6.11. The van der Waals surface area contributed by atoms with Crippen molar-refractivity contribution < 1.29 is 4.79 Å². The van der Waals surface area contributed by atoms with Crippen molar-refractivity contribution >= 4 is 29.9 Å². The summed E-state index contributed by atoms with van der Waals surface area (Å²) < 4.78 is 0. The van der Waals surface area contributed by atoms with Crippen LogP contribution in [0.5, 0.6) is 0 Å². The van der Waals surface area contributed by atoms with Crippen LogP contribution in [0.3, 0.4) is 0 Å². The Morgan fingerprint density at radius 3 is 2.89 bits per heavy atom. The first-order valence-electron chi connectivity index (χ1n) is 6.41. The van der Waals surface area contributed by atoms with E-state index in [1.165, 1.54) is 0 Å². The molecule has 0 radical (unpaired) electrons. The zero-order valence-corrected chi connectivity index (χ0v) is 12.6. The standard InChI is InChI=1S/C14H19ClN2O.ClH/c1-10(8-11-4-2-3-5-13(11)15)17-14(18)12-6-7-16-9-12;/h2-5,10,12,16H,6-9H2,1H3,(H,17,18);1H. The molecule has 2 unspecified atom stereocenters. The Morgan fingerprint density at radius 1 is 1.53 bits per heavy atom. The van der Waals surface area contributed by atoms with E-state index >= 15 is 0 Å². The molecule has 2 atom stereocenters. The van der Waals surface area contributed by atoms with E-state index in [2.05, 4.69) is 10.6 Å². The number of carbonyl (C=O) groups is 1. The summed E-state index contributed by atoms with van der Waals surface area (Å²) in [7, 11) is 0. The lowest BCUT2D eigenvalue weighted by atomic mass is 10.0. The van der Waals surface area contributed by atoms with Crippen molar-refractivity contribution in [3.05, 3.63) is 34.9 Å². The molecule has 0 aromatic heterocycles. The summed E-state index contributed by atoms with van der Waals surface area (Å²) in [5.41, 5.74) is 1.08. The second kappa shape index (κ2) is 7.73. The zero-order valence-electron chi connectivity index (χ0n) is 11.0. The molecule has 1 saturated heterocycles. The first-order valence-corrected chi connectivity index (χ1v) is 6.79. The van der Waals surface area contributed by atoms with Crippen molar-refractivity contribution in [1.82, 2.24) is 10.6 Å². The second-order valence-corrected chi connectivity index (χ2v) is 5.30. The van der Waals surface area contributed by atoms with Gasteiger partial charge >= 0.3 is 0 Å². The normalized spacial score (nSPS) is 19.6. The van der Waals surface area contributed by atoms with E-state index in [4.69, 9.17) is 11.6 Å². The van der Waals surface area contributed by atoms with Gasteiger partial charge < -0.3 is 10.6 Å². The van der Waals surface area contributed by atoms with Gasteiger partial charge in [0.25, 0.3) is 0 Å². The third-order valence-corrected chi connectivity index (χ3v) is 3.67. The van der Waals surface area contributed by atoms with Gasteiger partial charge in [-0.3, -0.25) is 4.79 Å². The molecule has 0 saturated carbocycles. The van der Waals surface area contributed by atoms with Crippen LogP contribution in [0.2, 0.25) is 5.02 Å². The van der Waals surface area contributed by atoms with Crippen LogP contribution in [0.4, 0.5) is 0 Å². The second-order valence-electron chi connectivity index (χ2n) is 4.89. The van der Waals surface area contributed by atoms with Crippen LogP contribution >= 0.6 is 24.0 Å². The van der Waals surface area contributed by atoms with Crippen LogP contribution in [-0.2, 0) is 11.2 Å². The van der Waals surface area contributed by atoms with Crippen molar-refractivity contribution in [3.63, 3.8) is 0 Å². The van der Waals surface area contributed by atoms with E-state index in [9.17, 15) is 4.79 Å². The highest BCUT2D eigenvalue weighted by Crippen LogP contribution is 2.17. The number of rotatable bonds is 4. The molecule has 3 nitrogen and oxygen atoms in total. The van der Waals surface area contributed by atoms with Crippen LogP contribution in [0.15, 0.2) is 24.3 Å². The van der Waals surface area contributed by atoms with Crippen LogP contribution in [0, 0.1) is 5.92 Å². The summed E-state index contributed by atoms with van der Waals surface area (Å²) in [5, 5.41) is 7.03. The average Bonchev–Trinajstić information content (AvgIpc) is 2.85. The SMILES string of the molecule is CC(Cc1ccccc1Cl)NC(=O)C1CCNC1.Cl. The molecule has 2 rings (SSSR count). The molecule has 2 N–H and O–H groups in total. The highest BCUT2D eigenvalue weighted by atomic mass is 35.5. The minimum Gasteiger partial charge on any atom is -0.353 e. The molecule has 106 valence electrons. The number of hydrogen-bond acceptors (Lipinski definition) is 2. The Balaban J connectivity index is 0.00000180. The molecule has 0 bridgehead atoms. The van der Waals surface area contributed by atoms with Crippen LogP contribution in [0.1, 0.15) is 18.9 Å². The van der Waals surface area contributed by atoms with Crippen molar-refractivity contribution in [3.8, 4) is 0 Å². The van der Waals surface area contributed by atoms with Gasteiger partial charge in [0, 0.05) is 17.6 Å². The fourth-order valence-electron chi connectivity index (χ4n) is 2.28. The Kier molecular flexibility index (Phi) is 6.63. The largest absolute Gasteiger partial charge is 0.353 e. The molecule has 1 heterocycles. The van der Waals surface area contributed by atoms with Crippen molar-refractivity contribution in [2.24, 2.45) is 5.92 Å². The molecule has 19 heavy (non-hydrogen) atoms. The van der Waals surface area contributed by atoms with Crippen molar-refractivity contribution in [2.75, 3.05) is 13.1 Å². The van der Waals surface area contributed by atoms with Crippen molar-refractivity contribution in [2.45, 2.75) is 25.8 Å². The molecule has 1 fully saturated rings. The van der Waals surface area contributed by atoms with E-state index in [1.54, 1.807) is 0 Å². The van der Waals surface area contributed by atoms with Gasteiger partial charge in [-0.15, -0.1) is 12.4 Å². The van der Waals surface area contributed by atoms with Gasteiger partial charge in [0.15, 0.2) is 0 Å². The monoisotopic (exact) mass is 302 g/mol. The topological polar surface area (TPSA) is 41.1 Å². The Bertz CT molecular complexity index is 420. The molecular weight excluding hydrogens is 283 g/mol. The van der Waals surface area contributed by atoms with Gasteiger partial charge in [-0.1, -0.05) is 29.8 Å². The number of carbonyl (C=O) groups excluding carboxylic acids is 1. The van der Waals surface area contributed by atoms with Crippen molar-refractivity contribution in [1.29, 1.82) is 0 Å². The summed E-state index contributed by atoms with van der Waals surface area (Å²) in [5.74, 6) is 0.276. The lowest BCUT2D eigenvalue weighted by Crippen LogP contribution is -2.39. The van der Waals surface area contributed by atoms with Crippen LogP contribution in [-0.4, -0.2) is 25.0 Å². The molecule has 0 aliphatic carbocycles. The Hall–Kier alpha value is -0.770. The lowest BCUT2D eigenvalue weighted by Gasteiger charge is -2.17. The first kappa shape index (κ1) is 16.3. The van der Waals surface area contributed by atoms with Gasteiger partial charge in [0.2, 0.25) is 5.91 Å². The van der Waals surface area contributed by atoms with Gasteiger partial charge in [-0.25, -0.2) is 0 Å². The Morgan fingerprint density at radius 2 is 2.26 bits per heavy atom. The number of benzene rings is 1. The molecular formula is C14H20Cl2N2O.